The molecule has 0 spiro atoms. The molecule has 0 saturated heterocycles. The molecule has 27 heavy (non-hydrogen) atoms. The molecule has 0 radical (unpaired) electrons. The molecule has 0 aliphatic carbocycles. The molecule has 0 aliphatic heterocycles. The summed E-state index contributed by atoms with van der Waals surface area (Å²) in [5.74, 6) is 1.32. The quantitative estimate of drug-likeness (QED) is 0.506. The highest BCUT2D eigenvalue weighted by Crippen LogP contribution is 2.33. The van der Waals surface area contributed by atoms with Crippen LogP contribution in [0.25, 0.3) is 28.7 Å². The third-order valence-electron chi connectivity index (χ3n) is 3.93. The molecule has 9 heteroatoms. The summed E-state index contributed by atoms with van der Waals surface area (Å²) in [5.41, 5.74) is 8.02. The van der Waals surface area contributed by atoms with Gasteiger partial charge in [-0.2, -0.15) is 4.98 Å². The van der Waals surface area contributed by atoms with Gasteiger partial charge in [0.2, 0.25) is 5.82 Å². The second kappa shape index (κ2) is 6.94. The molecular formula is C18H13Cl2N5O2. The first-order chi connectivity index (χ1) is 13.1. The topological polar surface area (TPSA) is 92.0 Å². The van der Waals surface area contributed by atoms with E-state index in [0.29, 0.717) is 32.8 Å². The Morgan fingerprint density at radius 3 is 2.63 bits per heavy atom. The second-order valence-electron chi connectivity index (χ2n) is 5.61. The van der Waals surface area contributed by atoms with E-state index in [2.05, 4.69) is 15.1 Å². The lowest BCUT2D eigenvalue weighted by Gasteiger charge is -2.07. The molecule has 0 amide bonds. The Morgan fingerprint density at radius 2 is 1.89 bits per heavy atom. The molecule has 2 aromatic carbocycles. The first kappa shape index (κ1) is 17.4. The first-order valence-corrected chi connectivity index (χ1v) is 8.58. The Morgan fingerprint density at radius 1 is 1.15 bits per heavy atom. The standard InChI is InChI=1S/C18H13Cl2N5O2/c1-26-15-5-3-2-4-14(15)25-8-13(22-9-25)18-23-17(24-27-18)10-6-11(19)16(21)12(20)7-10/h2-9H,21H2,1H3. The van der Waals surface area contributed by atoms with Crippen LogP contribution in [0, 0.1) is 0 Å². The molecule has 4 rings (SSSR count). The summed E-state index contributed by atoms with van der Waals surface area (Å²) in [5, 5.41) is 4.62. The molecule has 0 bridgehead atoms. The number of benzene rings is 2. The smallest absolute Gasteiger partial charge is 0.278 e. The van der Waals surface area contributed by atoms with Crippen LogP contribution in [0.3, 0.4) is 0 Å². The van der Waals surface area contributed by atoms with Gasteiger partial charge in [0.1, 0.15) is 17.8 Å². The van der Waals surface area contributed by atoms with Crippen LogP contribution in [-0.2, 0) is 0 Å². The molecule has 4 aromatic rings. The summed E-state index contributed by atoms with van der Waals surface area (Å²) in [6.45, 7) is 0. The van der Waals surface area contributed by atoms with Gasteiger partial charge >= 0.3 is 0 Å². The zero-order valence-electron chi connectivity index (χ0n) is 14.1. The van der Waals surface area contributed by atoms with Gasteiger partial charge in [0.15, 0.2) is 0 Å². The van der Waals surface area contributed by atoms with Crippen LogP contribution in [0.2, 0.25) is 10.0 Å². The summed E-state index contributed by atoms with van der Waals surface area (Å²) in [7, 11) is 1.61. The van der Waals surface area contributed by atoms with Gasteiger partial charge < -0.3 is 19.6 Å². The second-order valence-corrected chi connectivity index (χ2v) is 6.43. The molecule has 0 saturated carbocycles. The SMILES string of the molecule is COc1ccccc1-n1cnc(-c2nc(-c3cc(Cl)c(N)c(Cl)c3)no2)c1. The molecule has 7 nitrogen and oxygen atoms in total. The number of hydrogen-bond acceptors (Lipinski definition) is 6. The minimum Gasteiger partial charge on any atom is -0.495 e. The van der Waals surface area contributed by atoms with E-state index in [-0.39, 0.29) is 5.89 Å². The van der Waals surface area contributed by atoms with Crippen molar-refractivity contribution in [3.63, 3.8) is 0 Å². The predicted molar refractivity (Wildman–Crippen MR) is 103 cm³/mol. The van der Waals surface area contributed by atoms with Gasteiger partial charge in [0, 0.05) is 11.8 Å². The zero-order chi connectivity index (χ0) is 19.0. The van der Waals surface area contributed by atoms with Crippen molar-refractivity contribution in [2.24, 2.45) is 0 Å². The van der Waals surface area contributed by atoms with Gasteiger partial charge in [-0.3, -0.25) is 0 Å². The van der Waals surface area contributed by atoms with Crippen molar-refractivity contribution in [1.29, 1.82) is 0 Å². The Labute approximate surface area is 164 Å². The molecule has 2 heterocycles. The zero-order valence-corrected chi connectivity index (χ0v) is 15.6. The fourth-order valence-corrected chi connectivity index (χ4v) is 3.05. The maximum atomic E-state index is 6.07. The Kier molecular flexibility index (Phi) is 4.47. The molecule has 0 fully saturated rings. The van der Waals surface area contributed by atoms with Gasteiger partial charge in [-0.15, -0.1) is 0 Å². The number of methoxy groups -OCH3 is 1. The minimum absolute atomic E-state index is 0.266. The summed E-state index contributed by atoms with van der Waals surface area (Å²) >= 11 is 12.1. The summed E-state index contributed by atoms with van der Waals surface area (Å²) in [6, 6.07) is 10.9. The van der Waals surface area contributed by atoms with Gasteiger partial charge in [-0.25, -0.2) is 4.98 Å². The van der Waals surface area contributed by atoms with Crippen molar-refractivity contribution in [2.75, 3.05) is 12.8 Å². The van der Waals surface area contributed by atoms with Crippen LogP contribution in [0.1, 0.15) is 0 Å². The number of imidazole rings is 1. The molecule has 136 valence electrons. The maximum absolute atomic E-state index is 6.07. The van der Waals surface area contributed by atoms with E-state index in [9.17, 15) is 0 Å². The fourth-order valence-electron chi connectivity index (χ4n) is 2.57. The number of anilines is 1. The minimum atomic E-state index is 0.266. The van der Waals surface area contributed by atoms with Gasteiger partial charge in [0.25, 0.3) is 5.89 Å². The number of nitrogens with zero attached hydrogens (tertiary/aromatic N) is 4. The average molecular weight is 402 g/mol. The molecule has 2 N–H and O–H groups in total. The number of halogens is 2. The summed E-state index contributed by atoms with van der Waals surface area (Å²) in [6.07, 6.45) is 3.42. The molecule has 0 unspecified atom stereocenters. The van der Waals surface area contributed by atoms with E-state index < -0.39 is 0 Å². The van der Waals surface area contributed by atoms with Crippen molar-refractivity contribution in [2.45, 2.75) is 0 Å². The molecule has 2 aromatic heterocycles. The van der Waals surface area contributed by atoms with E-state index in [4.69, 9.17) is 38.2 Å². The van der Waals surface area contributed by atoms with E-state index in [1.54, 1.807) is 31.8 Å². The maximum Gasteiger partial charge on any atom is 0.278 e. The lowest BCUT2D eigenvalue weighted by molar-refractivity contribution is 0.413. The lowest BCUT2D eigenvalue weighted by Crippen LogP contribution is -1.94. The van der Waals surface area contributed by atoms with E-state index in [1.165, 1.54) is 0 Å². The van der Waals surface area contributed by atoms with Crippen molar-refractivity contribution in [3.8, 4) is 34.4 Å². The van der Waals surface area contributed by atoms with Gasteiger partial charge in [-0.05, 0) is 24.3 Å². The van der Waals surface area contributed by atoms with Crippen LogP contribution in [0.4, 0.5) is 5.69 Å². The van der Waals surface area contributed by atoms with E-state index in [0.717, 1.165) is 11.4 Å². The number of hydrogen-bond donors (Lipinski definition) is 1. The highest BCUT2D eigenvalue weighted by molar-refractivity contribution is 6.39. The Bertz CT molecular complexity index is 1100. The van der Waals surface area contributed by atoms with Crippen molar-refractivity contribution < 1.29 is 9.26 Å². The van der Waals surface area contributed by atoms with Crippen LogP contribution in [0.5, 0.6) is 5.75 Å². The number of rotatable bonds is 4. The van der Waals surface area contributed by atoms with Crippen molar-refractivity contribution in [1.82, 2.24) is 19.7 Å². The average Bonchev–Trinajstić information content (AvgIpc) is 3.35. The lowest BCUT2D eigenvalue weighted by atomic mass is 10.2. The summed E-state index contributed by atoms with van der Waals surface area (Å²) in [4.78, 5) is 8.70. The normalized spacial score (nSPS) is 10.9. The molecule has 0 atom stereocenters. The number of nitrogens with two attached hydrogens (primary N) is 1. The largest absolute Gasteiger partial charge is 0.495 e. The third kappa shape index (κ3) is 3.22. The van der Waals surface area contributed by atoms with Crippen LogP contribution < -0.4 is 10.5 Å². The number of para-hydroxylation sites is 2. The molecule has 0 aliphatic rings. The van der Waals surface area contributed by atoms with Gasteiger partial charge in [0.05, 0.1) is 28.5 Å². The van der Waals surface area contributed by atoms with Crippen molar-refractivity contribution >= 4 is 28.9 Å². The molecular weight excluding hydrogens is 389 g/mol. The number of ether oxygens (including phenoxy) is 1. The Hall–Kier alpha value is -3.03. The van der Waals surface area contributed by atoms with E-state index >= 15 is 0 Å². The van der Waals surface area contributed by atoms with Crippen LogP contribution in [0.15, 0.2) is 53.4 Å². The third-order valence-corrected chi connectivity index (χ3v) is 4.55. The Balaban J connectivity index is 1.68. The predicted octanol–water partition coefficient (Wildman–Crippen LogP) is 4.49. The van der Waals surface area contributed by atoms with Crippen LogP contribution in [-0.4, -0.2) is 26.8 Å². The number of aromatic nitrogens is 4. The van der Waals surface area contributed by atoms with Gasteiger partial charge in [-0.1, -0.05) is 40.5 Å². The first-order valence-electron chi connectivity index (χ1n) is 7.83. The fraction of sp³-hybridized carbons (Fsp3) is 0.0556. The highest BCUT2D eigenvalue weighted by Gasteiger charge is 2.16. The monoisotopic (exact) mass is 401 g/mol. The van der Waals surface area contributed by atoms with Crippen molar-refractivity contribution in [3.05, 3.63) is 59.0 Å². The number of nitrogen functional groups attached to an aromatic ring is 1. The summed E-state index contributed by atoms with van der Waals surface area (Å²) < 4.78 is 12.5. The highest BCUT2D eigenvalue weighted by atomic mass is 35.5. The van der Waals surface area contributed by atoms with Crippen LogP contribution >= 0.6 is 23.2 Å². The van der Waals surface area contributed by atoms with E-state index in [1.807, 2.05) is 28.8 Å².